The Morgan fingerprint density at radius 2 is 1.77 bits per heavy atom. The zero-order chi connectivity index (χ0) is 24.8. The highest BCUT2D eigenvalue weighted by Crippen LogP contribution is 2.35. The summed E-state index contributed by atoms with van der Waals surface area (Å²) in [4.78, 5) is 19.4. The highest BCUT2D eigenvalue weighted by Gasteiger charge is 2.26. The summed E-state index contributed by atoms with van der Waals surface area (Å²) in [6.07, 6.45) is 1.95. The third-order valence-electron chi connectivity index (χ3n) is 5.90. The van der Waals surface area contributed by atoms with Gasteiger partial charge in [0.1, 0.15) is 0 Å². The van der Waals surface area contributed by atoms with Crippen molar-refractivity contribution in [3.63, 3.8) is 0 Å². The van der Waals surface area contributed by atoms with E-state index in [1.165, 1.54) is 0 Å². The minimum Gasteiger partial charge on any atom is -0.491 e. The molecule has 7 nitrogen and oxygen atoms in total. The number of hydrogen-bond donors (Lipinski definition) is 1. The van der Waals surface area contributed by atoms with Gasteiger partial charge in [-0.05, 0) is 82.6 Å². The molecule has 0 saturated carbocycles. The van der Waals surface area contributed by atoms with Crippen LogP contribution in [-0.2, 0) is 11.3 Å². The van der Waals surface area contributed by atoms with Gasteiger partial charge >= 0.3 is 5.97 Å². The van der Waals surface area contributed by atoms with Crippen molar-refractivity contribution in [2.75, 3.05) is 37.8 Å². The van der Waals surface area contributed by atoms with Crippen molar-refractivity contribution in [1.82, 2.24) is 10.3 Å². The number of carbonyl (C=O) groups excluding carboxylic acids is 1. The van der Waals surface area contributed by atoms with Gasteiger partial charge in [-0.25, -0.2) is 9.78 Å². The smallest absolute Gasteiger partial charge is 0.338 e. The van der Waals surface area contributed by atoms with E-state index >= 15 is 0 Å². The van der Waals surface area contributed by atoms with E-state index in [0.717, 1.165) is 46.8 Å². The average Bonchev–Trinajstić information content (AvgIpc) is 3.29. The van der Waals surface area contributed by atoms with Crippen LogP contribution in [-0.4, -0.2) is 49.9 Å². The first kappa shape index (κ1) is 25.2. The molecule has 1 aromatic heterocycles. The van der Waals surface area contributed by atoms with Crippen molar-refractivity contribution in [3.8, 4) is 11.5 Å². The van der Waals surface area contributed by atoms with Crippen molar-refractivity contribution in [2.45, 2.75) is 46.2 Å². The first-order valence-corrected chi connectivity index (χ1v) is 13.0. The Bertz CT molecular complexity index is 1140. The second-order valence-corrected chi connectivity index (χ2v) is 9.29. The van der Waals surface area contributed by atoms with E-state index < -0.39 is 5.82 Å². The van der Waals surface area contributed by atoms with Crippen LogP contribution in [0.1, 0.15) is 49.5 Å². The molecule has 0 aliphatic carbocycles. The molecule has 0 atom stereocenters. The van der Waals surface area contributed by atoms with Crippen LogP contribution < -0.4 is 19.7 Å². The lowest BCUT2D eigenvalue weighted by atomic mass is 10.0. The zero-order valence-corrected chi connectivity index (χ0v) is 21.3. The second kappa shape index (κ2) is 11.7. The van der Waals surface area contributed by atoms with Gasteiger partial charge in [-0.2, -0.15) is 4.39 Å². The summed E-state index contributed by atoms with van der Waals surface area (Å²) in [5, 5.41) is 4.29. The number of piperidine rings is 1. The number of hydrogen-bond acceptors (Lipinski definition) is 8. The number of carbonyl (C=O) groups is 1. The van der Waals surface area contributed by atoms with E-state index in [9.17, 15) is 9.18 Å². The van der Waals surface area contributed by atoms with E-state index in [-0.39, 0.29) is 23.5 Å². The van der Waals surface area contributed by atoms with Crippen LogP contribution in [0.15, 0.2) is 30.3 Å². The maximum absolute atomic E-state index is 14.8. The van der Waals surface area contributed by atoms with Crippen molar-refractivity contribution >= 4 is 32.7 Å². The Morgan fingerprint density at radius 3 is 2.40 bits per heavy atom. The maximum atomic E-state index is 14.8. The molecular weight excluding hydrogens is 469 g/mol. The number of aromatic nitrogens is 1. The highest BCUT2D eigenvalue weighted by atomic mass is 32.1. The van der Waals surface area contributed by atoms with Crippen LogP contribution in [0.5, 0.6) is 11.5 Å². The van der Waals surface area contributed by atoms with Gasteiger partial charge in [0, 0.05) is 12.6 Å². The molecule has 4 rings (SSSR count). The van der Waals surface area contributed by atoms with Gasteiger partial charge in [0.05, 0.1) is 35.6 Å². The fourth-order valence-electron chi connectivity index (χ4n) is 4.28. The van der Waals surface area contributed by atoms with Gasteiger partial charge in [0.15, 0.2) is 16.6 Å². The predicted molar refractivity (Wildman–Crippen MR) is 136 cm³/mol. The van der Waals surface area contributed by atoms with Gasteiger partial charge in [-0.15, -0.1) is 0 Å². The minimum atomic E-state index is -0.475. The van der Waals surface area contributed by atoms with Gasteiger partial charge in [-0.1, -0.05) is 11.3 Å². The number of nitrogens with zero attached hydrogens (tertiary/aromatic N) is 2. The van der Waals surface area contributed by atoms with E-state index in [0.29, 0.717) is 31.9 Å². The molecule has 1 aliphatic rings. The molecule has 0 radical (unpaired) electrons. The minimum absolute atomic E-state index is 0.196. The molecule has 0 amide bonds. The lowest BCUT2D eigenvalue weighted by Crippen LogP contribution is -2.43. The van der Waals surface area contributed by atoms with Crippen molar-refractivity contribution in [3.05, 3.63) is 47.3 Å². The number of thiazole rings is 1. The average molecular weight is 502 g/mol. The van der Waals surface area contributed by atoms with Gasteiger partial charge < -0.3 is 24.4 Å². The molecule has 2 aromatic carbocycles. The molecular formula is C26H32FN3O4S. The van der Waals surface area contributed by atoms with Crippen molar-refractivity contribution in [1.29, 1.82) is 0 Å². The molecule has 1 N–H and O–H groups in total. The third kappa shape index (κ3) is 5.85. The molecule has 35 heavy (non-hydrogen) atoms. The Labute approximate surface area is 209 Å². The number of ether oxygens (including phenoxy) is 3. The first-order valence-electron chi connectivity index (χ1n) is 12.2. The number of nitrogens with one attached hydrogen (secondary N) is 1. The Hall–Kier alpha value is -2.91. The number of esters is 1. The Balaban J connectivity index is 1.70. The Kier molecular flexibility index (Phi) is 8.41. The first-order chi connectivity index (χ1) is 17.0. The molecule has 1 saturated heterocycles. The number of halogens is 1. The zero-order valence-electron chi connectivity index (χ0n) is 20.4. The number of rotatable bonds is 10. The summed E-state index contributed by atoms with van der Waals surface area (Å²) in [7, 11) is 0. The normalized spacial score (nSPS) is 14.2. The summed E-state index contributed by atoms with van der Waals surface area (Å²) in [5.41, 5.74) is 2.24. The van der Waals surface area contributed by atoms with Gasteiger partial charge in [0.25, 0.3) is 0 Å². The molecule has 3 aromatic rings. The number of anilines is 1. The fourth-order valence-corrected chi connectivity index (χ4v) is 5.36. The summed E-state index contributed by atoms with van der Waals surface area (Å²) >= 11 is 1.55. The number of fused-ring (bicyclic) bond motifs is 1. The summed E-state index contributed by atoms with van der Waals surface area (Å²) in [6, 6.07) is 9.23. The van der Waals surface area contributed by atoms with Crippen LogP contribution >= 0.6 is 11.3 Å². The fraction of sp³-hybridized carbons (Fsp3) is 0.462. The summed E-state index contributed by atoms with van der Waals surface area (Å²) in [6.45, 7) is 8.92. The van der Waals surface area contributed by atoms with Gasteiger partial charge in [-0.3, -0.25) is 0 Å². The van der Waals surface area contributed by atoms with Crippen LogP contribution in [0.2, 0.25) is 0 Å². The molecule has 1 aliphatic heterocycles. The van der Waals surface area contributed by atoms with Crippen LogP contribution in [0.3, 0.4) is 0 Å². The molecule has 0 spiro atoms. The largest absolute Gasteiger partial charge is 0.491 e. The van der Waals surface area contributed by atoms with Crippen molar-refractivity contribution in [2.24, 2.45) is 0 Å². The van der Waals surface area contributed by atoms with E-state index in [1.807, 2.05) is 26.0 Å². The lowest BCUT2D eigenvalue weighted by Gasteiger charge is -2.34. The molecule has 188 valence electrons. The standard InChI is InChI=1S/C26H32FN3O4S/c1-4-32-21-13-17(14-22(24(21)27)33-5-2)16-30(19-9-11-28-12-10-19)26-29-20-8-7-18(15-23(20)35-26)25(31)34-6-3/h7-8,13-15,19,28H,4-6,9-12,16H2,1-3H3. The molecule has 0 unspecified atom stereocenters. The quantitative estimate of drug-likeness (QED) is 0.384. The molecule has 2 heterocycles. The second-order valence-electron chi connectivity index (χ2n) is 8.28. The third-order valence-corrected chi connectivity index (χ3v) is 6.96. The van der Waals surface area contributed by atoms with E-state index in [2.05, 4.69) is 10.2 Å². The highest BCUT2D eigenvalue weighted by molar-refractivity contribution is 7.22. The monoisotopic (exact) mass is 501 g/mol. The SMILES string of the molecule is CCOC(=O)c1ccc2nc(N(Cc3cc(OCC)c(F)c(OCC)c3)C3CCNCC3)sc2c1. The van der Waals surface area contributed by atoms with E-state index in [4.69, 9.17) is 19.2 Å². The molecule has 0 bridgehead atoms. The summed E-state index contributed by atoms with van der Waals surface area (Å²) < 4.78 is 32.0. The van der Waals surface area contributed by atoms with Crippen LogP contribution in [0, 0.1) is 5.82 Å². The van der Waals surface area contributed by atoms with Crippen LogP contribution in [0.4, 0.5) is 9.52 Å². The predicted octanol–water partition coefficient (Wildman–Crippen LogP) is 5.17. The van der Waals surface area contributed by atoms with Gasteiger partial charge in [0.2, 0.25) is 5.82 Å². The van der Waals surface area contributed by atoms with E-state index in [1.54, 1.807) is 36.5 Å². The van der Waals surface area contributed by atoms with Crippen molar-refractivity contribution < 1.29 is 23.4 Å². The van der Waals surface area contributed by atoms with Crippen LogP contribution in [0.25, 0.3) is 10.2 Å². The Morgan fingerprint density at radius 1 is 1.09 bits per heavy atom. The lowest BCUT2D eigenvalue weighted by molar-refractivity contribution is 0.0526. The maximum Gasteiger partial charge on any atom is 0.338 e. The molecule has 9 heteroatoms. The topological polar surface area (TPSA) is 72.9 Å². The summed E-state index contributed by atoms with van der Waals surface area (Å²) in [5.74, 6) is -0.417. The number of benzene rings is 2. The molecule has 1 fully saturated rings.